The molecule has 0 bridgehead atoms. The predicted octanol–water partition coefficient (Wildman–Crippen LogP) is 2.74. The first-order valence-corrected chi connectivity index (χ1v) is 7.70. The fourth-order valence-electron chi connectivity index (χ4n) is 1.94. The van der Waals surface area contributed by atoms with Gasteiger partial charge in [0.25, 0.3) is 10.0 Å². The number of benzene rings is 2. The summed E-state index contributed by atoms with van der Waals surface area (Å²) < 4.78 is 26.9. The molecule has 0 atom stereocenters. The van der Waals surface area contributed by atoms with Gasteiger partial charge in [-0.1, -0.05) is 18.2 Å². The van der Waals surface area contributed by atoms with Gasteiger partial charge in [-0.15, -0.1) is 0 Å². The highest BCUT2D eigenvalue weighted by Crippen LogP contribution is 2.19. The molecular formula is C15H12N2O3S. The normalized spacial score (nSPS) is 11.4. The van der Waals surface area contributed by atoms with Gasteiger partial charge in [0.1, 0.15) is 11.6 Å². The van der Waals surface area contributed by atoms with Crippen LogP contribution in [0.4, 0.5) is 5.82 Å². The fraction of sp³-hybridized carbons (Fsp3) is 0. The third-order valence-corrected chi connectivity index (χ3v) is 4.36. The molecule has 0 saturated carbocycles. The van der Waals surface area contributed by atoms with Crippen LogP contribution in [0.1, 0.15) is 0 Å². The van der Waals surface area contributed by atoms with E-state index in [-0.39, 0.29) is 16.5 Å². The molecule has 0 unspecified atom stereocenters. The van der Waals surface area contributed by atoms with Gasteiger partial charge in [0.2, 0.25) is 0 Å². The molecule has 0 spiro atoms. The van der Waals surface area contributed by atoms with Gasteiger partial charge in [0.15, 0.2) is 0 Å². The Balaban J connectivity index is 1.95. The van der Waals surface area contributed by atoms with Crippen molar-refractivity contribution < 1.29 is 13.5 Å². The van der Waals surface area contributed by atoms with Crippen LogP contribution in [0.25, 0.3) is 10.9 Å². The second-order valence-electron chi connectivity index (χ2n) is 4.49. The van der Waals surface area contributed by atoms with E-state index in [0.717, 1.165) is 5.39 Å². The van der Waals surface area contributed by atoms with Crippen LogP contribution in [0.2, 0.25) is 0 Å². The Morgan fingerprint density at radius 2 is 1.62 bits per heavy atom. The van der Waals surface area contributed by atoms with E-state index in [1.807, 2.05) is 24.3 Å². The minimum atomic E-state index is -3.72. The molecule has 2 aromatic carbocycles. The van der Waals surface area contributed by atoms with Crippen molar-refractivity contribution in [1.29, 1.82) is 0 Å². The van der Waals surface area contributed by atoms with Crippen LogP contribution in [0.15, 0.2) is 65.6 Å². The van der Waals surface area contributed by atoms with Crippen LogP contribution in [-0.2, 0) is 10.0 Å². The molecule has 1 heterocycles. The molecule has 3 aromatic rings. The minimum absolute atomic E-state index is 0.0118. The third kappa shape index (κ3) is 2.80. The average molecular weight is 300 g/mol. The number of aromatic hydroxyl groups is 1. The lowest BCUT2D eigenvalue weighted by Gasteiger charge is -2.08. The minimum Gasteiger partial charge on any atom is -0.508 e. The zero-order valence-corrected chi connectivity index (χ0v) is 11.7. The largest absolute Gasteiger partial charge is 0.508 e. The summed E-state index contributed by atoms with van der Waals surface area (Å²) in [5.74, 6) is 0.263. The molecule has 0 aliphatic carbocycles. The van der Waals surface area contributed by atoms with Gasteiger partial charge < -0.3 is 5.11 Å². The van der Waals surface area contributed by atoms with Crippen LogP contribution in [0, 0.1) is 0 Å². The lowest BCUT2D eigenvalue weighted by atomic mass is 10.2. The lowest BCUT2D eigenvalue weighted by Crippen LogP contribution is -2.13. The van der Waals surface area contributed by atoms with Crippen molar-refractivity contribution in [3.8, 4) is 5.75 Å². The second-order valence-corrected chi connectivity index (χ2v) is 6.17. The maximum Gasteiger partial charge on any atom is 0.263 e. The van der Waals surface area contributed by atoms with Gasteiger partial charge in [-0.25, -0.2) is 13.4 Å². The SMILES string of the molecule is O=S(=O)(Nc1ccc2ccccc2n1)c1ccc(O)cc1. The Kier molecular flexibility index (Phi) is 3.23. The van der Waals surface area contributed by atoms with Crippen molar-refractivity contribution in [3.05, 3.63) is 60.7 Å². The molecule has 0 saturated heterocycles. The lowest BCUT2D eigenvalue weighted by molar-refractivity contribution is 0.475. The van der Waals surface area contributed by atoms with Crippen LogP contribution in [0.5, 0.6) is 5.75 Å². The Hall–Kier alpha value is -2.60. The molecule has 2 N–H and O–H groups in total. The van der Waals surface area contributed by atoms with Gasteiger partial charge >= 0.3 is 0 Å². The number of aromatic nitrogens is 1. The van der Waals surface area contributed by atoms with Crippen molar-refractivity contribution >= 4 is 26.7 Å². The molecule has 0 amide bonds. The van der Waals surface area contributed by atoms with Crippen LogP contribution < -0.4 is 4.72 Å². The first-order chi connectivity index (χ1) is 10.0. The number of phenolic OH excluding ortho intramolecular Hbond substituents is 1. The maximum absolute atomic E-state index is 12.2. The zero-order valence-electron chi connectivity index (χ0n) is 10.9. The Bertz CT molecular complexity index is 890. The number of rotatable bonds is 3. The summed E-state index contributed by atoms with van der Waals surface area (Å²) in [5, 5.41) is 10.1. The Labute approximate surface area is 121 Å². The van der Waals surface area contributed by atoms with Crippen molar-refractivity contribution in [2.45, 2.75) is 4.90 Å². The highest BCUT2D eigenvalue weighted by molar-refractivity contribution is 7.92. The van der Waals surface area contributed by atoms with Gasteiger partial charge in [-0.2, -0.15) is 0 Å². The second kappa shape index (κ2) is 5.06. The number of hydrogen-bond donors (Lipinski definition) is 2. The number of nitrogens with one attached hydrogen (secondary N) is 1. The van der Waals surface area contributed by atoms with Crippen molar-refractivity contribution in [2.75, 3.05) is 4.72 Å². The van der Waals surface area contributed by atoms with Crippen LogP contribution in [-0.4, -0.2) is 18.5 Å². The molecule has 3 rings (SSSR count). The van der Waals surface area contributed by atoms with E-state index in [2.05, 4.69) is 9.71 Å². The molecule has 0 aliphatic rings. The monoisotopic (exact) mass is 300 g/mol. The van der Waals surface area contributed by atoms with Crippen molar-refractivity contribution in [2.24, 2.45) is 0 Å². The van der Waals surface area contributed by atoms with E-state index in [0.29, 0.717) is 5.52 Å². The molecule has 0 fully saturated rings. The molecule has 0 aliphatic heterocycles. The Morgan fingerprint density at radius 1 is 0.905 bits per heavy atom. The van der Waals surface area contributed by atoms with E-state index in [4.69, 9.17) is 0 Å². The van der Waals surface area contributed by atoms with E-state index in [1.54, 1.807) is 12.1 Å². The number of anilines is 1. The molecular weight excluding hydrogens is 288 g/mol. The number of phenols is 1. The summed E-state index contributed by atoms with van der Waals surface area (Å²) in [6.07, 6.45) is 0. The zero-order chi connectivity index (χ0) is 14.9. The van der Waals surface area contributed by atoms with Gasteiger partial charge in [0, 0.05) is 5.39 Å². The first-order valence-electron chi connectivity index (χ1n) is 6.22. The highest BCUT2D eigenvalue weighted by Gasteiger charge is 2.14. The fourth-order valence-corrected chi connectivity index (χ4v) is 2.95. The molecule has 0 radical (unpaired) electrons. The summed E-state index contributed by atoms with van der Waals surface area (Å²) in [6, 6.07) is 16.2. The van der Waals surface area contributed by atoms with Crippen molar-refractivity contribution in [1.82, 2.24) is 4.98 Å². The molecule has 1 aromatic heterocycles. The number of sulfonamides is 1. The predicted molar refractivity (Wildman–Crippen MR) is 80.7 cm³/mol. The van der Waals surface area contributed by atoms with E-state index < -0.39 is 10.0 Å². The van der Waals surface area contributed by atoms with Gasteiger partial charge in [-0.3, -0.25) is 4.72 Å². The van der Waals surface area contributed by atoms with Gasteiger partial charge in [-0.05, 0) is 42.5 Å². The molecule has 5 nitrogen and oxygen atoms in total. The quantitative estimate of drug-likeness (QED) is 0.779. The average Bonchev–Trinajstić information content (AvgIpc) is 2.47. The summed E-state index contributed by atoms with van der Waals surface area (Å²) in [6.45, 7) is 0. The highest BCUT2D eigenvalue weighted by atomic mass is 32.2. The van der Waals surface area contributed by atoms with Crippen LogP contribution >= 0.6 is 0 Å². The molecule has 21 heavy (non-hydrogen) atoms. The topological polar surface area (TPSA) is 79.3 Å². The number of fused-ring (bicyclic) bond motifs is 1. The van der Waals surface area contributed by atoms with Gasteiger partial charge in [0.05, 0.1) is 10.4 Å². The standard InChI is InChI=1S/C15H12N2O3S/c18-12-6-8-13(9-7-12)21(19,20)17-15-10-5-11-3-1-2-4-14(11)16-15/h1-10,18H,(H,16,17). The number of hydrogen-bond acceptors (Lipinski definition) is 4. The third-order valence-electron chi connectivity index (χ3n) is 2.98. The summed E-state index contributed by atoms with van der Waals surface area (Å²) in [4.78, 5) is 4.33. The van der Waals surface area contributed by atoms with E-state index in [9.17, 15) is 13.5 Å². The number of para-hydroxylation sites is 1. The van der Waals surface area contributed by atoms with E-state index in [1.165, 1.54) is 24.3 Å². The summed E-state index contributed by atoms with van der Waals surface area (Å²) in [5.41, 5.74) is 0.711. The Morgan fingerprint density at radius 3 is 2.38 bits per heavy atom. The van der Waals surface area contributed by atoms with Crippen LogP contribution in [0.3, 0.4) is 0 Å². The van der Waals surface area contributed by atoms with E-state index >= 15 is 0 Å². The number of pyridine rings is 1. The number of nitrogens with zero attached hydrogens (tertiary/aromatic N) is 1. The molecule has 6 heteroatoms. The summed E-state index contributed by atoms with van der Waals surface area (Å²) >= 11 is 0. The molecule has 106 valence electrons. The smallest absolute Gasteiger partial charge is 0.263 e. The first kappa shape index (κ1) is 13.4. The van der Waals surface area contributed by atoms with Crippen molar-refractivity contribution in [3.63, 3.8) is 0 Å². The summed E-state index contributed by atoms with van der Waals surface area (Å²) in [7, 11) is -3.72. The maximum atomic E-state index is 12.2.